The number of aliphatic hydroxyl groups excluding tert-OH is 2. The lowest BCUT2D eigenvalue weighted by molar-refractivity contribution is -0.152. The maximum atomic E-state index is 11.6. The van der Waals surface area contributed by atoms with Crippen LogP contribution in [0.15, 0.2) is 0 Å². The van der Waals surface area contributed by atoms with Gasteiger partial charge >= 0.3 is 5.97 Å². The number of esters is 1. The van der Waals surface area contributed by atoms with Crippen LogP contribution in [0.5, 0.6) is 0 Å². The Kier molecular flexibility index (Phi) is 2.95. The molecule has 15 heavy (non-hydrogen) atoms. The van der Waals surface area contributed by atoms with Gasteiger partial charge in [0.15, 0.2) is 0 Å². The maximum absolute atomic E-state index is 11.6. The minimum atomic E-state index is -0.705. The SMILES string of the molecule is CCOC(=O)C1C(O)CN2CCC(O)C12. The zero-order valence-electron chi connectivity index (χ0n) is 8.80. The van der Waals surface area contributed by atoms with Gasteiger partial charge in [-0.05, 0) is 13.3 Å². The molecule has 0 amide bonds. The highest BCUT2D eigenvalue weighted by atomic mass is 16.5. The van der Waals surface area contributed by atoms with E-state index in [1.165, 1.54) is 0 Å². The van der Waals surface area contributed by atoms with Crippen LogP contribution in [0.4, 0.5) is 0 Å². The lowest BCUT2D eigenvalue weighted by atomic mass is 9.94. The summed E-state index contributed by atoms with van der Waals surface area (Å²) in [6, 6.07) is -0.251. The van der Waals surface area contributed by atoms with Crippen LogP contribution in [-0.4, -0.2) is 59.0 Å². The molecule has 0 aromatic rings. The minimum Gasteiger partial charge on any atom is -0.466 e. The van der Waals surface area contributed by atoms with E-state index in [1.807, 2.05) is 4.90 Å². The van der Waals surface area contributed by atoms with E-state index in [0.29, 0.717) is 19.6 Å². The highest BCUT2D eigenvalue weighted by molar-refractivity contribution is 5.74. The number of carbonyl (C=O) groups is 1. The number of hydrogen-bond donors (Lipinski definition) is 2. The molecule has 0 spiro atoms. The fourth-order valence-electron chi connectivity index (χ4n) is 2.66. The molecular formula is C10H17NO4. The van der Waals surface area contributed by atoms with E-state index in [4.69, 9.17) is 4.74 Å². The van der Waals surface area contributed by atoms with Crippen LogP contribution in [0.3, 0.4) is 0 Å². The Balaban J connectivity index is 2.11. The van der Waals surface area contributed by atoms with Gasteiger partial charge in [-0.25, -0.2) is 0 Å². The second kappa shape index (κ2) is 4.08. The first-order valence-corrected chi connectivity index (χ1v) is 5.42. The van der Waals surface area contributed by atoms with Crippen molar-refractivity contribution in [3.05, 3.63) is 0 Å². The first-order chi connectivity index (χ1) is 7.15. The van der Waals surface area contributed by atoms with Crippen LogP contribution in [0.2, 0.25) is 0 Å². The molecule has 5 heteroatoms. The normalized spacial score (nSPS) is 40.5. The molecular weight excluding hydrogens is 198 g/mol. The average molecular weight is 215 g/mol. The molecule has 4 atom stereocenters. The fourth-order valence-corrected chi connectivity index (χ4v) is 2.66. The van der Waals surface area contributed by atoms with Crippen molar-refractivity contribution < 1.29 is 19.7 Å². The van der Waals surface area contributed by atoms with E-state index < -0.39 is 24.1 Å². The van der Waals surface area contributed by atoms with Gasteiger partial charge in [0, 0.05) is 13.1 Å². The molecule has 86 valence electrons. The maximum Gasteiger partial charge on any atom is 0.313 e. The van der Waals surface area contributed by atoms with Gasteiger partial charge in [-0.3, -0.25) is 9.69 Å². The van der Waals surface area contributed by atoms with Crippen LogP contribution >= 0.6 is 0 Å². The molecule has 2 aliphatic rings. The van der Waals surface area contributed by atoms with E-state index in [1.54, 1.807) is 6.92 Å². The lowest BCUT2D eigenvalue weighted by Crippen LogP contribution is -2.40. The van der Waals surface area contributed by atoms with Gasteiger partial charge in [0.2, 0.25) is 0 Å². The van der Waals surface area contributed by atoms with Crippen LogP contribution in [-0.2, 0) is 9.53 Å². The first kappa shape index (κ1) is 10.9. The zero-order chi connectivity index (χ0) is 11.0. The van der Waals surface area contributed by atoms with Gasteiger partial charge in [0.25, 0.3) is 0 Å². The van der Waals surface area contributed by atoms with E-state index in [2.05, 4.69) is 0 Å². The quantitative estimate of drug-likeness (QED) is 0.577. The van der Waals surface area contributed by atoms with E-state index in [0.717, 1.165) is 6.54 Å². The van der Waals surface area contributed by atoms with E-state index in [-0.39, 0.29) is 6.04 Å². The average Bonchev–Trinajstić information content (AvgIpc) is 2.67. The lowest BCUT2D eigenvalue weighted by Gasteiger charge is -2.22. The standard InChI is InChI=1S/C10H17NO4/c1-2-15-10(14)8-7(13)5-11-4-3-6(12)9(8)11/h6-9,12-13H,2-5H2,1H3. The third kappa shape index (κ3) is 1.75. The number of nitrogens with zero attached hydrogens (tertiary/aromatic N) is 1. The smallest absolute Gasteiger partial charge is 0.313 e. The summed E-state index contributed by atoms with van der Waals surface area (Å²) in [7, 11) is 0. The molecule has 0 aromatic heterocycles. The number of fused-ring (bicyclic) bond motifs is 1. The number of carbonyl (C=O) groups excluding carboxylic acids is 1. The molecule has 4 unspecified atom stereocenters. The summed E-state index contributed by atoms with van der Waals surface area (Å²) >= 11 is 0. The molecule has 0 aliphatic carbocycles. The van der Waals surface area contributed by atoms with Crippen LogP contribution in [0.25, 0.3) is 0 Å². The summed E-state index contributed by atoms with van der Waals surface area (Å²) in [5.41, 5.74) is 0. The van der Waals surface area contributed by atoms with Gasteiger partial charge in [0.05, 0.1) is 24.9 Å². The molecule has 2 aliphatic heterocycles. The highest BCUT2D eigenvalue weighted by Gasteiger charge is 2.51. The number of aliphatic hydroxyl groups is 2. The second-order valence-electron chi connectivity index (χ2n) is 4.19. The number of rotatable bonds is 2. The van der Waals surface area contributed by atoms with E-state index >= 15 is 0 Å². The van der Waals surface area contributed by atoms with Crippen molar-refractivity contribution in [3.8, 4) is 0 Å². The molecule has 2 saturated heterocycles. The topological polar surface area (TPSA) is 70.0 Å². The summed E-state index contributed by atoms with van der Waals surface area (Å²) in [5.74, 6) is -0.971. The molecule has 0 radical (unpaired) electrons. The van der Waals surface area contributed by atoms with Crippen molar-refractivity contribution in [1.82, 2.24) is 4.90 Å². The fraction of sp³-hybridized carbons (Fsp3) is 0.900. The monoisotopic (exact) mass is 215 g/mol. The van der Waals surface area contributed by atoms with Gasteiger partial charge < -0.3 is 14.9 Å². The Bertz CT molecular complexity index is 258. The molecule has 0 bridgehead atoms. The van der Waals surface area contributed by atoms with Crippen molar-refractivity contribution >= 4 is 5.97 Å². The van der Waals surface area contributed by atoms with Crippen molar-refractivity contribution in [1.29, 1.82) is 0 Å². The summed E-state index contributed by atoms with van der Waals surface area (Å²) < 4.78 is 4.92. The Hall–Kier alpha value is -0.650. The predicted molar refractivity (Wildman–Crippen MR) is 52.1 cm³/mol. The van der Waals surface area contributed by atoms with Crippen LogP contribution < -0.4 is 0 Å². The molecule has 2 N–H and O–H groups in total. The van der Waals surface area contributed by atoms with Gasteiger partial charge in [-0.15, -0.1) is 0 Å². The van der Waals surface area contributed by atoms with Crippen LogP contribution in [0.1, 0.15) is 13.3 Å². The second-order valence-corrected chi connectivity index (χ2v) is 4.19. The zero-order valence-corrected chi connectivity index (χ0v) is 8.80. The van der Waals surface area contributed by atoms with Crippen molar-refractivity contribution in [3.63, 3.8) is 0 Å². The number of ether oxygens (including phenoxy) is 1. The molecule has 2 heterocycles. The highest BCUT2D eigenvalue weighted by Crippen LogP contribution is 2.34. The number of hydrogen-bond acceptors (Lipinski definition) is 5. The molecule has 2 rings (SSSR count). The van der Waals surface area contributed by atoms with Crippen molar-refractivity contribution in [2.24, 2.45) is 5.92 Å². The Morgan fingerprint density at radius 1 is 1.47 bits per heavy atom. The molecule has 0 aromatic carbocycles. The molecule has 5 nitrogen and oxygen atoms in total. The summed E-state index contributed by atoms with van der Waals surface area (Å²) in [5, 5.41) is 19.5. The summed E-state index contributed by atoms with van der Waals surface area (Å²) in [6.07, 6.45) is -0.548. The molecule has 2 fully saturated rings. The Morgan fingerprint density at radius 3 is 2.87 bits per heavy atom. The van der Waals surface area contributed by atoms with Gasteiger partial charge in [0.1, 0.15) is 5.92 Å². The predicted octanol–water partition coefficient (Wildman–Crippen LogP) is -1.02. The minimum absolute atomic E-state index is 0.251. The van der Waals surface area contributed by atoms with Crippen molar-refractivity contribution in [2.45, 2.75) is 31.6 Å². The molecule has 0 saturated carbocycles. The van der Waals surface area contributed by atoms with Crippen molar-refractivity contribution in [2.75, 3.05) is 19.7 Å². The van der Waals surface area contributed by atoms with Gasteiger partial charge in [-0.1, -0.05) is 0 Å². The third-order valence-corrected chi connectivity index (χ3v) is 3.29. The summed E-state index contributed by atoms with van der Waals surface area (Å²) in [4.78, 5) is 13.6. The Morgan fingerprint density at radius 2 is 2.20 bits per heavy atom. The first-order valence-electron chi connectivity index (χ1n) is 5.42. The Labute approximate surface area is 88.6 Å². The van der Waals surface area contributed by atoms with E-state index in [9.17, 15) is 15.0 Å². The largest absolute Gasteiger partial charge is 0.466 e. The third-order valence-electron chi connectivity index (χ3n) is 3.29. The summed E-state index contributed by atoms with van der Waals surface area (Å²) in [6.45, 7) is 3.26. The van der Waals surface area contributed by atoms with Crippen LogP contribution in [0, 0.1) is 5.92 Å². The van der Waals surface area contributed by atoms with Gasteiger partial charge in [-0.2, -0.15) is 0 Å².